The standard InChI is InChI=1S/C15H24N4/c1-11-12(2)18-15(10-16-11)19-7-5-13(6-8-19)9-17-14-3-4-14/h10,13-14,17H,3-9H2,1-2H3. The van der Waals surface area contributed by atoms with Crippen LogP contribution in [0.3, 0.4) is 0 Å². The van der Waals surface area contributed by atoms with Gasteiger partial charge in [-0.15, -0.1) is 0 Å². The highest BCUT2D eigenvalue weighted by Gasteiger charge is 2.24. The first-order chi connectivity index (χ1) is 9.22. The highest BCUT2D eigenvalue weighted by atomic mass is 15.2. The van der Waals surface area contributed by atoms with Crippen LogP contribution in [0.2, 0.25) is 0 Å². The Morgan fingerprint density at radius 1 is 1.16 bits per heavy atom. The van der Waals surface area contributed by atoms with Gasteiger partial charge in [0.15, 0.2) is 0 Å². The Labute approximate surface area is 115 Å². The Morgan fingerprint density at radius 2 is 1.89 bits per heavy atom. The van der Waals surface area contributed by atoms with Gasteiger partial charge >= 0.3 is 0 Å². The van der Waals surface area contributed by atoms with Gasteiger partial charge in [0.05, 0.1) is 17.6 Å². The SMILES string of the molecule is Cc1ncc(N2CCC(CNC3CC3)CC2)nc1C. The molecule has 1 saturated carbocycles. The van der Waals surface area contributed by atoms with Crippen molar-refractivity contribution in [2.45, 2.75) is 45.6 Å². The van der Waals surface area contributed by atoms with E-state index >= 15 is 0 Å². The fourth-order valence-corrected chi connectivity index (χ4v) is 2.67. The van der Waals surface area contributed by atoms with Gasteiger partial charge in [0.2, 0.25) is 0 Å². The Bertz CT molecular complexity index is 434. The molecule has 0 aromatic carbocycles. The lowest BCUT2D eigenvalue weighted by Crippen LogP contribution is -2.38. The summed E-state index contributed by atoms with van der Waals surface area (Å²) in [5.41, 5.74) is 2.09. The lowest BCUT2D eigenvalue weighted by molar-refractivity contribution is 0.380. The second kappa shape index (κ2) is 5.45. The first-order valence-electron chi connectivity index (χ1n) is 7.51. The molecule has 104 valence electrons. The topological polar surface area (TPSA) is 41.1 Å². The zero-order chi connectivity index (χ0) is 13.2. The van der Waals surface area contributed by atoms with Crippen molar-refractivity contribution in [2.24, 2.45) is 5.92 Å². The summed E-state index contributed by atoms with van der Waals surface area (Å²) in [6.07, 6.45) is 7.24. The van der Waals surface area contributed by atoms with Crippen molar-refractivity contribution in [3.63, 3.8) is 0 Å². The summed E-state index contributed by atoms with van der Waals surface area (Å²) >= 11 is 0. The van der Waals surface area contributed by atoms with Crippen molar-refractivity contribution in [3.05, 3.63) is 17.6 Å². The van der Waals surface area contributed by atoms with Crippen LogP contribution in [0.5, 0.6) is 0 Å². The predicted octanol–water partition coefficient (Wildman–Crippen LogP) is 2.06. The third kappa shape index (κ3) is 3.24. The van der Waals surface area contributed by atoms with Gasteiger partial charge in [0, 0.05) is 19.1 Å². The summed E-state index contributed by atoms with van der Waals surface area (Å²) in [6, 6.07) is 0.837. The summed E-state index contributed by atoms with van der Waals surface area (Å²) in [7, 11) is 0. The number of hydrogen-bond donors (Lipinski definition) is 1. The van der Waals surface area contributed by atoms with E-state index in [9.17, 15) is 0 Å². The lowest BCUT2D eigenvalue weighted by Gasteiger charge is -2.33. The van der Waals surface area contributed by atoms with Crippen LogP contribution >= 0.6 is 0 Å². The molecule has 1 aliphatic heterocycles. The zero-order valence-corrected chi connectivity index (χ0v) is 12.0. The van der Waals surface area contributed by atoms with Crippen molar-refractivity contribution < 1.29 is 0 Å². The van der Waals surface area contributed by atoms with Crippen LogP contribution in [-0.2, 0) is 0 Å². The van der Waals surface area contributed by atoms with Crippen molar-refractivity contribution in [3.8, 4) is 0 Å². The van der Waals surface area contributed by atoms with E-state index in [1.165, 1.54) is 32.2 Å². The molecule has 0 unspecified atom stereocenters. The summed E-state index contributed by atoms with van der Waals surface area (Å²) in [5, 5.41) is 3.65. The average molecular weight is 260 g/mol. The maximum absolute atomic E-state index is 4.65. The Balaban J connectivity index is 1.52. The van der Waals surface area contributed by atoms with Crippen LogP contribution in [-0.4, -0.2) is 35.6 Å². The molecule has 4 nitrogen and oxygen atoms in total. The number of aromatic nitrogens is 2. The number of aryl methyl sites for hydroxylation is 2. The van der Waals surface area contributed by atoms with Gasteiger partial charge in [-0.1, -0.05) is 0 Å². The molecule has 3 rings (SSSR count). The Kier molecular flexibility index (Phi) is 3.69. The molecule has 2 heterocycles. The minimum Gasteiger partial charge on any atom is -0.355 e. The van der Waals surface area contributed by atoms with Gasteiger partial charge in [-0.05, 0) is 52.0 Å². The van der Waals surface area contributed by atoms with Crippen LogP contribution in [0.15, 0.2) is 6.20 Å². The van der Waals surface area contributed by atoms with E-state index in [1.807, 2.05) is 20.0 Å². The zero-order valence-electron chi connectivity index (χ0n) is 12.0. The molecular formula is C15H24N4. The highest BCUT2D eigenvalue weighted by Crippen LogP contribution is 2.24. The molecule has 2 fully saturated rings. The van der Waals surface area contributed by atoms with Crippen LogP contribution in [0, 0.1) is 19.8 Å². The molecule has 0 spiro atoms. The minimum absolute atomic E-state index is 0.837. The van der Waals surface area contributed by atoms with Crippen molar-refractivity contribution in [2.75, 3.05) is 24.5 Å². The molecule has 2 aliphatic rings. The fraction of sp³-hybridized carbons (Fsp3) is 0.733. The van der Waals surface area contributed by atoms with Gasteiger partial charge in [-0.2, -0.15) is 0 Å². The van der Waals surface area contributed by atoms with Crippen molar-refractivity contribution in [1.29, 1.82) is 0 Å². The van der Waals surface area contributed by atoms with E-state index in [-0.39, 0.29) is 0 Å². The molecule has 1 aliphatic carbocycles. The van der Waals surface area contributed by atoms with Crippen LogP contribution in [0.25, 0.3) is 0 Å². The van der Waals surface area contributed by atoms with Gasteiger partial charge in [0.25, 0.3) is 0 Å². The molecule has 1 aromatic rings. The molecule has 4 heteroatoms. The van der Waals surface area contributed by atoms with Gasteiger partial charge < -0.3 is 10.2 Å². The van der Waals surface area contributed by atoms with Crippen LogP contribution < -0.4 is 10.2 Å². The van der Waals surface area contributed by atoms with E-state index < -0.39 is 0 Å². The van der Waals surface area contributed by atoms with Crippen LogP contribution in [0.1, 0.15) is 37.1 Å². The van der Waals surface area contributed by atoms with Crippen LogP contribution in [0.4, 0.5) is 5.82 Å². The molecule has 0 bridgehead atoms. The molecule has 1 aromatic heterocycles. The van der Waals surface area contributed by atoms with E-state index in [0.29, 0.717) is 0 Å². The Morgan fingerprint density at radius 3 is 2.53 bits per heavy atom. The van der Waals surface area contributed by atoms with E-state index in [4.69, 9.17) is 0 Å². The molecule has 0 radical (unpaired) electrons. The fourth-order valence-electron chi connectivity index (χ4n) is 2.67. The third-order valence-electron chi connectivity index (χ3n) is 4.39. The number of nitrogens with one attached hydrogen (secondary N) is 1. The molecule has 0 atom stereocenters. The van der Waals surface area contributed by atoms with Crippen molar-refractivity contribution in [1.82, 2.24) is 15.3 Å². The maximum Gasteiger partial charge on any atom is 0.147 e. The molecule has 19 heavy (non-hydrogen) atoms. The summed E-state index contributed by atoms with van der Waals surface area (Å²) in [6.45, 7) is 7.50. The average Bonchev–Trinajstić information content (AvgIpc) is 3.24. The monoisotopic (exact) mass is 260 g/mol. The number of rotatable bonds is 4. The molecule has 1 N–H and O–H groups in total. The number of nitrogens with zero attached hydrogens (tertiary/aromatic N) is 3. The summed E-state index contributed by atoms with van der Waals surface area (Å²) in [5.74, 6) is 1.90. The predicted molar refractivity (Wildman–Crippen MR) is 77.5 cm³/mol. The number of hydrogen-bond acceptors (Lipinski definition) is 4. The second-order valence-electron chi connectivity index (χ2n) is 6.01. The molecular weight excluding hydrogens is 236 g/mol. The molecule has 1 saturated heterocycles. The highest BCUT2D eigenvalue weighted by molar-refractivity contribution is 5.37. The quantitative estimate of drug-likeness (QED) is 0.899. The Hall–Kier alpha value is -1.16. The van der Waals surface area contributed by atoms with E-state index in [2.05, 4.69) is 20.2 Å². The summed E-state index contributed by atoms with van der Waals surface area (Å²) in [4.78, 5) is 11.5. The van der Waals surface area contributed by atoms with E-state index in [1.54, 1.807) is 0 Å². The number of anilines is 1. The second-order valence-corrected chi connectivity index (χ2v) is 6.01. The minimum atomic E-state index is 0.837. The maximum atomic E-state index is 4.65. The summed E-state index contributed by atoms with van der Waals surface area (Å²) < 4.78 is 0. The largest absolute Gasteiger partial charge is 0.355 e. The first kappa shape index (κ1) is 12.9. The van der Waals surface area contributed by atoms with Gasteiger partial charge in [0.1, 0.15) is 5.82 Å². The van der Waals surface area contributed by atoms with E-state index in [0.717, 1.165) is 42.3 Å². The van der Waals surface area contributed by atoms with Gasteiger partial charge in [-0.3, -0.25) is 4.98 Å². The first-order valence-corrected chi connectivity index (χ1v) is 7.51. The van der Waals surface area contributed by atoms with Crippen molar-refractivity contribution >= 4 is 5.82 Å². The third-order valence-corrected chi connectivity index (χ3v) is 4.39. The molecule has 0 amide bonds. The van der Waals surface area contributed by atoms with Gasteiger partial charge in [-0.25, -0.2) is 4.98 Å². The normalized spacial score (nSPS) is 20.8. The number of piperidine rings is 1. The smallest absolute Gasteiger partial charge is 0.147 e. The lowest BCUT2D eigenvalue weighted by atomic mass is 9.97.